The number of hydrogen-bond donors (Lipinski definition) is 2. The highest BCUT2D eigenvalue weighted by molar-refractivity contribution is 7.82. The molecule has 0 fully saturated rings. The van der Waals surface area contributed by atoms with E-state index in [4.69, 9.17) is 29.6 Å². The monoisotopic (exact) mass is 230 g/mol. The van der Waals surface area contributed by atoms with Gasteiger partial charge in [-0.25, -0.2) is 0 Å². The molecule has 0 radical (unpaired) electrons. The third kappa shape index (κ3) is 3.26. The van der Waals surface area contributed by atoms with Crippen LogP contribution in [-0.4, -0.2) is 10.1 Å². The van der Waals surface area contributed by atoms with E-state index >= 15 is 0 Å². The summed E-state index contributed by atoms with van der Waals surface area (Å²) >= 11 is 15.4. The second-order valence-corrected chi connectivity index (χ2v) is 3.61. The van der Waals surface area contributed by atoms with Crippen molar-refractivity contribution in [3.63, 3.8) is 0 Å². The molecule has 13 heavy (non-hydrogen) atoms. The maximum Gasteiger partial charge on any atom is 0.168 e. The first-order valence-corrected chi connectivity index (χ1v) is 4.65. The quantitative estimate of drug-likeness (QED) is 0.723. The van der Waals surface area contributed by atoms with Crippen molar-refractivity contribution in [2.24, 2.45) is 5.73 Å². The fourth-order valence-corrected chi connectivity index (χ4v) is 1.32. The molecule has 1 rings (SSSR count). The smallest absolute Gasteiger partial charge is 0.168 e. The van der Waals surface area contributed by atoms with Crippen molar-refractivity contribution in [1.82, 2.24) is 5.32 Å². The Hall–Kier alpha value is -0.710. The average Bonchev–Trinajstić information content (AvgIpc) is 2.04. The average molecular weight is 231 g/mol. The Labute approximate surface area is 92.1 Å². The van der Waals surface area contributed by atoms with Gasteiger partial charge in [-0.15, -0.1) is 0 Å². The molecule has 0 aliphatic rings. The van der Waals surface area contributed by atoms with Crippen molar-refractivity contribution in [1.29, 1.82) is 0 Å². The van der Waals surface area contributed by atoms with Crippen molar-refractivity contribution in [3.8, 4) is 0 Å². The molecule has 68 valence electrons. The third-order valence-corrected chi connectivity index (χ3v) is 2.03. The summed E-state index contributed by atoms with van der Waals surface area (Å²) in [6.07, 6.45) is 0. The largest absolute Gasteiger partial charge is 0.376 e. The van der Waals surface area contributed by atoms with Crippen LogP contribution in [0.25, 0.3) is 0 Å². The zero-order valence-electron chi connectivity index (χ0n) is 6.58. The Morgan fingerprint density at radius 1 is 1.23 bits per heavy atom. The predicted octanol–water partition coefficient (Wildman–Crippen LogP) is 1.85. The van der Waals surface area contributed by atoms with Crippen LogP contribution in [0.15, 0.2) is 24.3 Å². The molecular formula is C8H7ClN2S2. The zero-order chi connectivity index (χ0) is 9.84. The van der Waals surface area contributed by atoms with Gasteiger partial charge in [-0.3, -0.25) is 0 Å². The second-order valence-electron chi connectivity index (χ2n) is 2.33. The summed E-state index contributed by atoms with van der Waals surface area (Å²) in [7, 11) is 0. The number of benzene rings is 1. The minimum absolute atomic E-state index is 0.167. The molecule has 0 saturated carbocycles. The number of nitrogens with two attached hydrogens (primary N) is 1. The normalized spacial score (nSPS) is 9.31. The first-order chi connectivity index (χ1) is 6.09. The number of hydrogen-bond acceptors (Lipinski definition) is 2. The molecule has 0 saturated heterocycles. The van der Waals surface area contributed by atoms with Gasteiger partial charge in [0.25, 0.3) is 0 Å². The van der Waals surface area contributed by atoms with E-state index in [0.29, 0.717) is 10.0 Å². The maximum absolute atomic E-state index is 5.71. The van der Waals surface area contributed by atoms with E-state index in [2.05, 4.69) is 17.5 Å². The summed E-state index contributed by atoms with van der Waals surface area (Å²) in [5, 5.41) is 3.51. The molecule has 0 bridgehead atoms. The molecule has 1 aromatic carbocycles. The van der Waals surface area contributed by atoms with Crippen molar-refractivity contribution in [2.45, 2.75) is 0 Å². The van der Waals surface area contributed by atoms with Crippen LogP contribution < -0.4 is 11.1 Å². The minimum atomic E-state index is 0.167. The highest BCUT2D eigenvalue weighted by atomic mass is 35.5. The lowest BCUT2D eigenvalue weighted by molar-refractivity contribution is 1.39. The second kappa shape index (κ2) is 4.50. The summed E-state index contributed by atoms with van der Waals surface area (Å²) in [6, 6.07) is 7.11. The van der Waals surface area contributed by atoms with E-state index in [1.54, 1.807) is 24.3 Å². The number of halogens is 1. The molecule has 0 aliphatic heterocycles. The van der Waals surface area contributed by atoms with Gasteiger partial charge in [-0.05, 0) is 24.4 Å². The van der Waals surface area contributed by atoms with Crippen LogP contribution in [0.2, 0.25) is 5.02 Å². The Bertz CT molecular complexity index is 335. The molecule has 5 heteroatoms. The van der Waals surface area contributed by atoms with Gasteiger partial charge in [-0.2, -0.15) is 0 Å². The zero-order valence-corrected chi connectivity index (χ0v) is 8.97. The number of thiocarbonyl (C=S) groups is 2. The van der Waals surface area contributed by atoms with Crippen LogP contribution in [-0.2, 0) is 0 Å². The standard InChI is InChI=1S/C8H7ClN2S2/c9-6-3-1-5(2-4-6)7(12)11-8(10)13/h1-4H,(H3,10,11,12,13). The lowest BCUT2D eigenvalue weighted by Gasteiger charge is -2.04. The van der Waals surface area contributed by atoms with Gasteiger partial charge in [0.1, 0.15) is 4.99 Å². The van der Waals surface area contributed by atoms with Gasteiger partial charge < -0.3 is 11.1 Å². The van der Waals surface area contributed by atoms with Gasteiger partial charge in [-0.1, -0.05) is 36.0 Å². The van der Waals surface area contributed by atoms with Crippen LogP contribution in [0.4, 0.5) is 0 Å². The summed E-state index contributed by atoms with van der Waals surface area (Å²) in [4.78, 5) is 0.504. The highest BCUT2D eigenvalue weighted by Gasteiger charge is 2.00. The first kappa shape index (κ1) is 10.4. The van der Waals surface area contributed by atoms with E-state index < -0.39 is 0 Å². The Morgan fingerprint density at radius 3 is 2.23 bits per heavy atom. The van der Waals surface area contributed by atoms with Crippen LogP contribution >= 0.6 is 36.0 Å². The van der Waals surface area contributed by atoms with Gasteiger partial charge in [0, 0.05) is 10.6 Å². The summed E-state index contributed by atoms with van der Waals surface area (Å²) in [5.74, 6) is 0. The van der Waals surface area contributed by atoms with Crippen LogP contribution in [0, 0.1) is 0 Å². The van der Waals surface area contributed by atoms with Gasteiger partial charge in [0.2, 0.25) is 0 Å². The summed E-state index contributed by atoms with van der Waals surface area (Å²) < 4.78 is 0. The maximum atomic E-state index is 5.71. The molecule has 1 aromatic rings. The van der Waals surface area contributed by atoms with E-state index in [1.807, 2.05) is 0 Å². The SMILES string of the molecule is NC(=S)NC(=S)c1ccc(Cl)cc1. The molecule has 0 atom stereocenters. The highest BCUT2D eigenvalue weighted by Crippen LogP contribution is 2.09. The van der Waals surface area contributed by atoms with Crippen molar-refractivity contribution < 1.29 is 0 Å². The molecular weight excluding hydrogens is 224 g/mol. The lowest BCUT2D eigenvalue weighted by atomic mass is 10.2. The third-order valence-electron chi connectivity index (χ3n) is 1.34. The lowest BCUT2D eigenvalue weighted by Crippen LogP contribution is -2.33. The molecule has 0 unspecified atom stereocenters. The fourth-order valence-electron chi connectivity index (χ4n) is 0.785. The Kier molecular flexibility index (Phi) is 3.59. The van der Waals surface area contributed by atoms with Crippen molar-refractivity contribution >= 4 is 46.1 Å². The minimum Gasteiger partial charge on any atom is -0.376 e. The van der Waals surface area contributed by atoms with E-state index in [9.17, 15) is 0 Å². The fraction of sp³-hybridized carbons (Fsp3) is 0. The van der Waals surface area contributed by atoms with Crippen LogP contribution in [0.1, 0.15) is 5.56 Å². The Morgan fingerprint density at radius 2 is 1.77 bits per heavy atom. The number of nitrogens with one attached hydrogen (secondary N) is 1. The van der Waals surface area contributed by atoms with Gasteiger partial charge >= 0.3 is 0 Å². The van der Waals surface area contributed by atoms with E-state index in [1.165, 1.54) is 0 Å². The van der Waals surface area contributed by atoms with Crippen LogP contribution in [0.5, 0.6) is 0 Å². The molecule has 0 aliphatic carbocycles. The molecule has 0 amide bonds. The molecule has 3 N–H and O–H groups in total. The molecule has 0 aromatic heterocycles. The summed E-state index contributed by atoms with van der Waals surface area (Å²) in [5.41, 5.74) is 6.11. The predicted molar refractivity (Wildman–Crippen MR) is 63.1 cm³/mol. The van der Waals surface area contributed by atoms with Crippen molar-refractivity contribution in [2.75, 3.05) is 0 Å². The summed E-state index contributed by atoms with van der Waals surface area (Å²) in [6.45, 7) is 0. The number of rotatable bonds is 1. The van der Waals surface area contributed by atoms with Gasteiger partial charge in [0.15, 0.2) is 5.11 Å². The van der Waals surface area contributed by atoms with Crippen molar-refractivity contribution in [3.05, 3.63) is 34.9 Å². The topological polar surface area (TPSA) is 38.0 Å². The van der Waals surface area contributed by atoms with Crippen LogP contribution in [0.3, 0.4) is 0 Å². The molecule has 0 spiro atoms. The van der Waals surface area contributed by atoms with E-state index in [-0.39, 0.29) is 5.11 Å². The Balaban J connectivity index is 2.78. The molecule has 0 heterocycles. The first-order valence-electron chi connectivity index (χ1n) is 3.46. The molecule has 2 nitrogen and oxygen atoms in total. The van der Waals surface area contributed by atoms with E-state index in [0.717, 1.165) is 5.56 Å². The van der Waals surface area contributed by atoms with Gasteiger partial charge in [0.05, 0.1) is 0 Å².